The second-order valence-corrected chi connectivity index (χ2v) is 16.3. The minimum atomic E-state index is -0.633. The van der Waals surface area contributed by atoms with Gasteiger partial charge < -0.3 is 14.7 Å². The lowest BCUT2D eigenvalue weighted by Crippen LogP contribution is -2.18. The summed E-state index contributed by atoms with van der Waals surface area (Å²) in [6, 6.07) is 71.7. The first kappa shape index (κ1) is 33.8. The Labute approximate surface area is 391 Å². The third kappa shape index (κ3) is 6.67. The van der Waals surface area contributed by atoms with Crippen LogP contribution in [0.15, 0.2) is 255 Å². The van der Waals surface area contributed by atoms with Crippen LogP contribution < -0.4 is 14.7 Å². The Balaban J connectivity index is 1.13. The largest absolute Gasteiger partial charge is 0.309 e. The first-order valence-electron chi connectivity index (χ1n) is 24.5. The monoisotopic (exact) mass is 852 g/mol. The summed E-state index contributed by atoms with van der Waals surface area (Å²) in [6.45, 7) is 0. The van der Waals surface area contributed by atoms with Crippen LogP contribution >= 0.6 is 0 Å². The molecule has 1 heterocycles. The zero-order chi connectivity index (χ0) is 48.3. The molecule has 0 saturated heterocycles. The Kier molecular flexibility index (Phi) is 8.41. The standard InChI is InChI=1S/C62H42FN3/c63-56-41-46(43-20-6-1-7-21-43)40-55(45-22-8-2-9-23-45)62(56)64(47-26-10-3-11-27-47)50-36-37-52-53-38-39-58(54-33-19-35-59(61(53)54)66(60(52)42-50)49-30-14-5-15-31-49)65(48-28-12-4-13-29-48)57-34-18-25-44-24-16-17-32-51(44)57/h1-42H/i3D,10D,11D,26D,27D. The average molecular weight is 853 g/mol. The SMILES string of the molecule is [2H]c1c([2H])c([2H])c(N(c2ccc3c(c2)N(c2ccccc2)c2cccc4c(N(c5ccccc5)c5cccc6ccccc56)ccc-3c24)c2c(F)cc(-c3ccccc3)cc2-c2ccccc2)c([2H])c1[2H]. The van der Waals surface area contributed by atoms with Crippen molar-refractivity contribution in [1.29, 1.82) is 0 Å². The molecule has 3 nitrogen and oxygen atoms in total. The lowest BCUT2D eigenvalue weighted by molar-refractivity contribution is 0.630. The highest BCUT2D eigenvalue weighted by Crippen LogP contribution is 2.56. The molecular formula is C62H42FN3. The Morgan fingerprint density at radius 1 is 0.394 bits per heavy atom. The van der Waals surface area contributed by atoms with Gasteiger partial charge in [0, 0.05) is 50.0 Å². The summed E-state index contributed by atoms with van der Waals surface area (Å²) in [5.74, 6) is -0.633. The molecular weight excluding hydrogens is 806 g/mol. The highest BCUT2D eigenvalue weighted by Gasteiger charge is 2.31. The molecule has 0 fully saturated rings. The van der Waals surface area contributed by atoms with E-state index in [0.29, 0.717) is 22.4 Å². The third-order valence-electron chi connectivity index (χ3n) is 12.5. The maximum absolute atomic E-state index is 17.8. The zero-order valence-electron chi connectivity index (χ0n) is 40.6. The molecule has 0 bridgehead atoms. The number of fused-ring (bicyclic) bond motifs is 3. The van der Waals surface area contributed by atoms with Crippen LogP contribution in [0.1, 0.15) is 6.85 Å². The fourth-order valence-corrected chi connectivity index (χ4v) is 9.61. The van der Waals surface area contributed by atoms with Gasteiger partial charge in [-0.25, -0.2) is 4.39 Å². The minimum Gasteiger partial charge on any atom is -0.309 e. The van der Waals surface area contributed by atoms with Crippen LogP contribution in [-0.4, -0.2) is 0 Å². The van der Waals surface area contributed by atoms with Gasteiger partial charge in [0.1, 0.15) is 5.82 Å². The lowest BCUT2D eigenvalue weighted by Gasteiger charge is -2.36. The number of anilines is 9. The normalized spacial score (nSPS) is 12.7. The fraction of sp³-hybridized carbons (Fsp3) is 0. The summed E-state index contributed by atoms with van der Waals surface area (Å²) in [4.78, 5) is 6.05. The van der Waals surface area contributed by atoms with Crippen molar-refractivity contribution in [3.8, 4) is 33.4 Å². The second-order valence-electron chi connectivity index (χ2n) is 16.3. The molecule has 0 saturated carbocycles. The summed E-state index contributed by atoms with van der Waals surface area (Å²) in [7, 11) is 0. The summed E-state index contributed by atoms with van der Waals surface area (Å²) < 4.78 is 62.9. The van der Waals surface area contributed by atoms with E-state index in [1.807, 2.05) is 109 Å². The van der Waals surface area contributed by atoms with Gasteiger partial charge in [0.25, 0.3) is 0 Å². The molecule has 0 radical (unpaired) electrons. The molecule has 0 amide bonds. The lowest BCUT2D eigenvalue weighted by atomic mass is 9.89. The molecule has 0 aromatic heterocycles. The van der Waals surface area contributed by atoms with E-state index in [1.165, 1.54) is 11.0 Å². The topological polar surface area (TPSA) is 9.72 Å². The average Bonchev–Trinajstić information content (AvgIpc) is 3.42. The van der Waals surface area contributed by atoms with Crippen molar-refractivity contribution in [2.24, 2.45) is 0 Å². The van der Waals surface area contributed by atoms with Crippen molar-refractivity contribution in [1.82, 2.24) is 0 Å². The smallest absolute Gasteiger partial charge is 0.148 e. The number of nitrogens with zero attached hydrogens (tertiary/aromatic N) is 3. The predicted octanol–water partition coefficient (Wildman–Crippen LogP) is 17.9. The number of halogens is 1. The van der Waals surface area contributed by atoms with E-state index in [0.717, 1.165) is 72.4 Å². The third-order valence-corrected chi connectivity index (χ3v) is 12.5. The second kappa shape index (κ2) is 16.4. The molecule has 66 heavy (non-hydrogen) atoms. The van der Waals surface area contributed by atoms with Gasteiger partial charge in [0.2, 0.25) is 0 Å². The number of hydrogen-bond donors (Lipinski definition) is 0. The number of rotatable bonds is 9. The summed E-state index contributed by atoms with van der Waals surface area (Å²) >= 11 is 0. The van der Waals surface area contributed by atoms with Crippen LogP contribution in [-0.2, 0) is 0 Å². The first-order chi connectivity index (χ1) is 34.8. The van der Waals surface area contributed by atoms with Crippen molar-refractivity contribution in [2.75, 3.05) is 14.7 Å². The molecule has 0 atom stereocenters. The van der Waals surface area contributed by atoms with Crippen molar-refractivity contribution in [3.05, 3.63) is 260 Å². The molecule has 4 heteroatoms. The zero-order valence-corrected chi connectivity index (χ0v) is 35.6. The molecule has 12 rings (SSSR count). The van der Waals surface area contributed by atoms with Crippen LogP contribution in [0.25, 0.3) is 54.9 Å². The molecule has 0 unspecified atom stereocenters. The van der Waals surface area contributed by atoms with Gasteiger partial charge in [-0.05, 0) is 106 Å². The van der Waals surface area contributed by atoms with Gasteiger partial charge in [0.15, 0.2) is 0 Å². The van der Waals surface area contributed by atoms with E-state index < -0.39 is 36.0 Å². The van der Waals surface area contributed by atoms with Gasteiger partial charge in [0.05, 0.1) is 35.3 Å². The molecule has 312 valence electrons. The molecule has 1 aliphatic rings. The van der Waals surface area contributed by atoms with Crippen LogP contribution in [0.5, 0.6) is 0 Å². The molecule has 0 N–H and O–H groups in total. The number of para-hydroxylation sites is 3. The molecule has 11 aromatic rings. The van der Waals surface area contributed by atoms with Crippen molar-refractivity contribution >= 4 is 72.7 Å². The number of hydrogen-bond acceptors (Lipinski definition) is 3. The Hall–Kier alpha value is -8.73. The number of benzene rings is 11. The van der Waals surface area contributed by atoms with E-state index in [2.05, 4.69) is 119 Å². The summed E-state index contributed by atoms with van der Waals surface area (Å²) in [5.41, 5.74) is 10.3. The van der Waals surface area contributed by atoms with Gasteiger partial charge in [-0.2, -0.15) is 0 Å². The van der Waals surface area contributed by atoms with Gasteiger partial charge in [-0.3, -0.25) is 0 Å². The first-order valence-corrected chi connectivity index (χ1v) is 22.0. The quantitative estimate of drug-likeness (QED) is 0.143. The minimum absolute atomic E-state index is 0.0398. The van der Waals surface area contributed by atoms with E-state index in [4.69, 9.17) is 4.11 Å². The predicted molar refractivity (Wildman–Crippen MR) is 275 cm³/mol. The highest BCUT2D eigenvalue weighted by molar-refractivity contribution is 6.19. The molecule has 11 aromatic carbocycles. The molecule has 0 aliphatic carbocycles. The van der Waals surface area contributed by atoms with Gasteiger partial charge in [-0.15, -0.1) is 0 Å². The van der Waals surface area contributed by atoms with Gasteiger partial charge in [-0.1, -0.05) is 176 Å². The van der Waals surface area contributed by atoms with Crippen LogP contribution in [0.2, 0.25) is 0 Å². The summed E-state index contributed by atoms with van der Waals surface area (Å²) in [5, 5.41) is 4.32. The Morgan fingerprint density at radius 3 is 1.79 bits per heavy atom. The Bertz CT molecular complexity index is 3820. The van der Waals surface area contributed by atoms with Crippen molar-refractivity contribution in [2.45, 2.75) is 0 Å². The maximum atomic E-state index is 17.8. The van der Waals surface area contributed by atoms with Crippen LogP contribution in [0.4, 0.5) is 55.6 Å². The summed E-state index contributed by atoms with van der Waals surface area (Å²) in [6.07, 6.45) is 0. The van der Waals surface area contributed by atoms with Crippen LogP contribution in [0.3, 0.4) is 0 Å². The highest BCUT2D eigenvalue weighted by atomic mass is 19.1. The van der Waals surface area contributed by atoms with E-state index in [1.54, 1.807) is 0 Å². The fourth-order valence-electron chi connectivity index (χ4n) is 9.61. The van der Waals surface area contributed by atoms with E-state index >= 15 is 4.39 Å². The van der Waals surface area contributed by atoms with Crippen LogP contribution in [0, 0.1) is 5.82 Å². The van der Waals surface area contributed by atoms with E-state index in [9.17, 15) is 2.74 Å². The molecule has 0 spiro atoms. The van der Waals surface area contributed by atoms with Crippen molar-refractivity contribution in [3.63, 3.8) is 0 Å². The van der Waals surface area contributed by atoms with Gasteiger partial charge >= 0.3 is 0 Å². The maximum Gasteiger partial charge on any atom is 0.148 e. The van der Waals surface area contributed by atoms with E-state index in [-0.39, 0.29) is 11.4 Å². The van der Waals surface area contributed by atoms with Crippen molar-refractivity contribution < 1.29 is 11.2 Å². The Morgan fingerprint density at radius 2 is 1.02 bits per heavy atom. The molecule has 1 aliphatic heterocycles.